The van der Waals surface area contributed by atoms with Crippen LogP contribution in [0.3, 0.4) is 0 Å². The average Bonchev–Trinajstić information content (AvgIpc) is 3.06. The molecule has 0 bridgehead atoms. The van der Waals surface area contributed by atoms with Gasteiger partial charge in [-0.15, -0.1) is 0 Å². The quantitative estimate of drug-likeness (QED) is 0.0954. The first-order valence-corrected chi connectivity index (χ1v) is 13.0. The number of phosphoric acid groups is 2. The summed E-state index contributed by atoms with van der Waals surface area (Å²) >= 11 is 0. The molecule has 2 aliphatic rings. The van der Waals surface area contributed by atoms with Crippen molar-refractivity contribution in [2.75, 3.05) is 13.2 Å². The van der Waals surface area contributed by atoms with Crippen LogP contribution in [-0.4, -0.2) is 112 Å². The zero-order valence-electron chi connectivity index (χ0n) is 18.9. The van der Waals surface area contributed by atoms with Gasteiger partial charge in [0.15, 0.2) is 12.5 Å². The summed E-state index contributed by atoms with van der Waals surface area (Å²) < 4.78 is 48.1. The second-order valence-electron chi connectivity index (χ2n) is 7.68. The van der Waals surface area contributed by atoms with Gasteiger partial charge in [-0.25, -0.2) is 13.9 Å². The summed E-state index contributed by atoms with van der Waals surface area (Å²) in [5.41, 5.74) is -1.75. The van der Waals surface area contributed by atoms with E-state index in [4.69, 9.17) is 14.6 Å². The molecule has 3 heterocycles. The average molecular weight is 589 g/mol. The third-order valence-electron chi connectivity index (χ3n) is 5.16. The van der Waals surface area contributed by atoms with Gasteiger partial charge in [-0.05, 0) is 0 Å². The largest absolute Gasteiger partial charge is 1.00 e. The molecule has 206 valence electrons. The molecule has 0 saturated carbocycles. The number of rotatable bonds is 9. The summed E-state index contributed by atoms with van der Waals surface area (Å²) in [6, 6.07) is 0.928. The number of aromatic nitrogens is 2. The fourth-order valence-electron chi connectivity index (χ4n) is 3.35. The maximum absolute atomic E-state index is 12.2. The number of aliphatic hydroxyl groups excluding tert-OH is 6. The van der Waals surface area contributed by atoms with Crippen LogP contribution in [0.15, 0.2) is 21.9 Å². The summed E-state index contributed by atoms with van der Waals surface area (Å²) in [5, 5.41) is 58.6. The molecule has 0 amide bonds. The van der Waals surface area contributed by atoms with Crippen molar-refractivity contribution in [2.45, 2.75) is 55.2 Å². The first-order valence-electron chi connectivity index (χ1n) is 9.99. The van der Waals surface area contributed by atoms with Gasteiger partial charge in [-0.1, -0.05) is 0 Å². The van der Waals surface area contributed by atoms with Crippen LogP contribution in [-0.2, 0) is 32.0 Å². The van der Waals surface area contributed by atoms with Crippen LogP contribution in [0.5, 0.6) is 0 Å². The van der Waals surface area contributed by atoms with Gasteiger partial charge in [0.25, 0.3) is 5.56 Å². The molecular formula is C15H24N2NaO17P2+. The number of hydrogen-bond acceptors (Lipinski definition) is 15. The Morgan fingerprint density at radius 2 is 1.54 bits per heavy atom. The van der Waals surface area contributed by atoms with Crippen molar-refractivity contribution in [3.05, 3.63) is 33.1 Å². The number of nitrogens with zero attached hydrogens (tertiary/aromatic N) is 1. The van der Waals surface area contributed by atoms with E-state index in [-0.39, 0.29) is 29.6 Å². The molecule has 0 spiro atoms. The normalized spacial score (nSPS) is 37.4. The Morgan fingerprint density at radius 3 is 2.14 bits per heavy atom. The van der Waals surface area contributed by atoms with Crippen molar-refractivity contribution in [1.82, 2.24) is 9.55 Å². The van der Waals surface area contributed by atoms with Crippen LogP contribution in [0.4, 0.5) is 0 Å². The summed E-state index contributed by atoms with van der Waals surface area (Å²) in [4.78, 5) is 44.5. The molecule has 11 unspecified atom stereocenters. The fraction of sp³-hybridized carbons (Fsp3) is 0.733. The second kappa shape index (κ2) is 12.9. The fourth-order valence-corrected chi connectivity index (χ4v) is 5.51. The summed E-state index contributed by atoms with van der Waals surface area (Å²) in [5.74, 6) is 0. The van der Waals surface area contributed by atoms with Crippen LogP contribution in [0, 0.1) is 0 Å². The Hall–Kier alpha value is -0.380. The standard InChI is InChI=1S/C15H24N2O17P2.Na/c18-3-5-8(20)10(22)12(24)14(32-5)33-36(28,29)34-35(26,27)30-4-6-9(21)11(23)13(31-6)17-2-1-7(19)16-15(17)25;/h1-2,5-6,8-14,18,20-24H,3-4H2,(H,26,27)(H,28,29)(H,16,19,25);/q;+1. The molecule has 2 fully saturated rings. The molecule has 2 aliphatic heterocycles. The van der Waals surface area contributed by atoms with Crippen LogP contribution in [0.25, 0.3) is 0 Å². The molecule has 1 aromatic heterocycles. The summed E-state index contributed by atoms with van der Waals surface area (Å²) in [6.45, 7) is -1.93. The maximum atomic E-state index is 12.2. The zero-order valence-corrected chi connectivity index (χ0v) is 22.6. The van der Waals surface area contributed by atoms with E-state index in [1.54, 1.807) is 0 Å². The molecule has 1 aromatic rings. The smallest absolute Gasteiger partial charge is 0.394 e. The van der Waals surface area contributed by atoms with Gasteiger partial charge in [0.1, 0.15) is 42.7 Å². The predicted octanol–water partition coefficient (Wildman–Crippen LogP) is -7.79. The van der Waals surface area contributed by atoms with E-state index in [0.717, 1.165) is 16.8 Å². The van der Waals surface area contributed by atoms with E-state index in [1.807, 2.05) is 4.98 Å². The van der Waals surface area contributed by atoms with Gasteiger partial charge in [0, 0.05) is 12.3 Å². The third-order valence-corrected chi connectivity index (χ3v) is 7.76. The minimum Gasteiger partial charge on any atom is -0.394 e. The van der Waals surface area contributed by atoms with Gasteiger partial charge in [-0.3, -0.25) is 23.4 Å². The molecule has 19 nitrogen and oxygen atoms in total. The SMILES string of the molecule is O=c1ccn(C2OC(COP(=O)(O)OP(=O)(O)OC3OC(CO)C(O)C(O)C3O)C(O)C2O)c(=O)[nH]1.[Na+]. The minimum absolute atomic E-state index is 0. The Morgan fingerprint density at radius 1 is 0.919 bits per heavy atom. The van der Waals surface area contributed by atoms with Crippen molar-refractivity contribution in [3.63, 3.8) is 0 Å². The molecule has 3 rings (SSSR count). The van der Waals surface area contributed by atoms with Crippen LogP contribution in [0.1, 0.15) is 6.23 Å². The van der Waals surface area contributed by atoms with Crippen molar-refractivity contribution in [2.24, 2.45) is 0 Å². The Balaban J connectivity index is 0.00000481. The van der Waals surface area contributed by atoms with E-state index in [2.05, 4.69) is 13.4 Å². The molecule has 22 heteroatoms. The monoisotopic (exact) mass is 589 g/mol. The van der Waals surface area contributed by atoms with E-state index in [9.17, 15) is 54.0 Å². The molecule has 9 N–H and O–H groups in total. The van der Waals surface area contributed by atoms with Gasteiger partial charge < -0.3 is 49.9 Å². The molecule has 11 atom stereocenters. The number of phosphoric ester groups is 2. The van der Waals surface area contributed by atoms with Crippen molar-refractivity contribution in [1.29, 1.82) is 0 Å². The predicted molar refractivity (Wildman–Crippen MR) is 109 cm³/mol. The summed E-state index contributed by atoms with van der Waals surface area (Å²) in [6.07, 6.45) is -15.4. The van der Waals surface area contributed by atoms with E-state index >= 15 is 0 Å². The molecular weight excluding hydrogens is 565 g/mol. The van der Waals surface area contributed by atoms with Gasteiger partial charge >= 0.3 is 50.9 Å². The Labute approximate surface area is 228 Å². The molecule has 2 saturated heterocycles. The van der Waals surface area contributed by atoms with Crippen LogP contribution < -0.4 is 40.8 Å². The summed E-state index contributed by atoms with van der Waals surface area (Å²) in [7, 11) is -11.1. The second-order valence-corrected chi connectivity index (χ2v) is 10.7. The van der Waals surface area contributed by atoms with Gasteiger partial charge in [-0.2, -0.15) is 4.31 Å². The van der Waals surface area contributed by atoms with Crippen LogP contribution in [0.2, 0.25) is 0 Å². The van der Waals surface area contributed by atoms with E-state index in [1.165, 1.54) is 0 Å². The molecule has 37 heavy (non-hydrogen) atoms. The number of aromatic amines is 1. The number of aliphatic hydroxyl groups is 6. The topological polar surface area (TPSA) is 297 Å². The number of hydrogen-bond donors (Lipinski definition) is 9. The number of nitrogens with one attached hydrogen (secondary N) is 1. The minimum atomic E-state index is -5.59. The van der Waals surface area contributed by atoms with E-state index < -0.39 is 95.4 Å². The van der Waals surface area contributed by atoms with Gasteiger partial charge in [0.05, 0.1) is 13.2 Å². The van der Waals surface area contributed by atoms with Crippen molar-refractivity contribution < 1.29 is 102 Å². The molecule has 0 radical (unpaired) electrons. The first-order chi connectivity index (χ1) is 16.7. The number of H-pyrrole nitrogens is 1. The van der Waals surface area contributed by atoms with Gasteiger partial charge in [0.2, 0.25) is 0 Å². The molecule has 0 aliphatic carbocycles. The Kier molecular flexibility index (Phi) is 11.4. The Bertz CT molecular complexity index is 1130. The van der Waals surface area contributed by atoms with Crippen molar-refractivity contribution >= 4 is 15.6 Å². The maximum Gasteiger partial charge on any atom is 1.00 e. The van der Waals surface area contributed by atoms with Crippen molar-refractivity contribution in [3.8, 4) is 0 Å². The number of ether oxygens (including phenoxy) is 2. The third kappa shape index (κ3) is 7.85. The van der Waals surface area contributed by atoms with E-state index in [0.29, 0.717) is 0 Å². The first kappa shape index (κ1) is 32.8. The molecule has 0 aromatic carbocycles. The zero-order chi connectivity index (χ0) is 27.0. The van der Waals surface area contributed by atoms with Crippen LogP contribution >= 0.6 is 15.6 Å².